The molecule has 0 fully saturated rings. The second kappa shape index (κ2) is 5.19. The SMILES string of the molecule is CC(N)c1cnc(Cc2ccc([N+](=O)[O-])cc2)n1C. The zero-order chi connectivity index (χ0) is 14.0. The van der Waals surface area contributed by atoms with Crippen LogP contribution in [0.15, 0.2) is 30.5 Å². The average molecular weight is 260 g/mol. The highest BCUT2D eigenvalue weighted by molar-refractivity contribution is 5.34. The Balaban J connectivity index is 2.19. The van der Waals surface area contributed by atoms with E-state index < -0.39 is 4.92 Å². The first-order valence-electron chi connectivity index (χ1n) is 5.98. The Bertz CT molecular complexity index is 587. The van der Waals surface area contributed by atoms with Crippen molar-refractivity contribution in [3.05, 3.63) is 57.7 Å². The molecule has 0 radical (unpaired) electrons. The molecule has 1 atom stereocenters. The van der Waals surface area contributed by atoms with Crippen LogP contribution in [0.5, 0.6) is 0 Å². The Hall–Kier alpha value is -2.21. The van der Waals surface area contributed by atoms with Crippen LogP contribution in [0.3, 0.4) is 0 Å². The van der Waals surface area contributed by atoms with Gasteiger partial charge in [-0.3, -0.25) is 10.1 Å². The van der Waals surface area contributed by atoms with Gasteiger partial charge in [-0.2, -0.15) is 0 Å². The number of hydrogen-bond acceptors (Lipinski definition) is 4. The third-order valence-corrected chi connectivity index (χ3v) is 3.10. The molecule has 1 aromatic heterocycles. The fourth-order valence-corrected chi connectivity index (χ4v) is 1.97. The zero-order valence-corrected chi connectivity index (χ0v) is 10.9. The molecule has 100 valence electrons. The summed E-state index contributed by atoms with van der Waals surface area (Å²) in [4.78, 5) is 14.5. The Morgan fingerprint density at radius 1 is 1.42 bits per heavy atom. The molecule has 0 aliphatic rings. The first-order valence-corrected chi connectivity index (χ1v) is 5.98. The molecule has 0 spiro atoms. The van der Waals surface area contributed by atoms with Gasteiger partial charge in [-0.15, -0.1) is 0 Å². The third-order valence-electron chi connectivity index (χ3n) is 3.10. The van der Waals surface area contributed by atoms with Crippen molar-refractivity contribution < 1.29 is 4.92 Å². The molecule has 1 heterocycles. The van der Waals surface area contributed by atoms with Crippen molar-refractivity contribution in [1.29, 1.82) is 0 Å². The Morgan fingerprint density at radius 2 is 2.05 bits per heavy atom. The average Bonchev–Trinajstić information content (AvgIpc) is 2.72. The van der Waals surface area contributed by atoms with Gasteiger partial charge in [-0.1, -0.05) is 12.1 Å². The number of benzene rings is 1. The number of aromatic nitrogens is 2. The lowest BCUT2D eigenvalue weighted by Crippen LogP contribution is -2.11. The summed E-state index contributed by atoms with van der Waals surface area (Å²) < 4.78 is 1.96. The second-order valence-corrected chi connectivity index (χ2v) is 4.55. The van der Waals surface area contributed by atoms with Crippen LogP contribution >= 0.6 is 0 Å². The van der Waals surface area contributed by atoms with Gasteiger partial charge < -0.3 is 10.3 Å². The highest BCUT2D eigenvalue weighted by atomic mass is 16.6. The standard InChI is InChI=1S/C13H16N4O2/c1-9(14)12-8-15-13(16(12)2)7-10-3-5-11(6-4-10)17(18)19/h3-6,8-9H,7,14H2,1-2H3. The van der Waals surface area contributed by atoms with Gasteiger partial charge in [0.2, 0.25) is 0 Å². The predicted octanol–water partition coefficient (Wildman–Crippen LogP) is 1.94. The Morgan fingerprint density at radius 3 is 2.53 bits per heavy atom. The number of non-ortho nitro benzene ring substituents is 1. The van der Waals surface area contributed by atoms with E-state index in [9.17, 15) is 10.1 Å². The number of nitro benzene ring substituents is 1. The predicted molar refractivity (Wildman–Crippen MR) is 71.7 cm³/mol. The van der Waals surface area contributed by atoms with E-state index in [0.29, 0.717) is 6.42 Å². The van der Waals surface area contributed by atoms with Crippen LogP contribution < -0.4 is 5.73 Å². The number of imidazole rings is 1. The van der Waals surface area contributed by atoms with E-state index in [0.717, 1.165) is 17.1 Å². The van der Waals surface area contributed by atoms with Gasteiger partial charge in [0.1, 0.15) is 5.82 Å². The summed E-state index contributed by atoms with van der Waals surface area (Å²) in [7, 11) is 1.92. The normalized spacial score (nSPS) is 12.4. The van der Waals surface area contributed by atoms with Crippen LogP contribution in [0.4, 0.5) is 5.69 Å². The second-order valence-electron chi connectivity index (χ2n) is 4.55. The van der Waals surface area contributed by atoms with Gasteiger partial charge in [0.05, 0.1) is 16.8 Å². The highest BCUT2D eigenvalue weighted by Gasteiger charge is 2.11. The van der Waals surface area contributed by atoms with Gasteiger partial charge in [0, 0.05) is 31.6 Å². The summed E-state index contributed by atoms with van der Waals surface area (Å²) >= 11 is 0. The topological polar surface area (TPSA) is 87.0 Å². The minimum absolute atomic E-state index is 0.0666. The summed E-state index contributed by atoms with van der Waals surface area (Å²) in [5, 5.41) is 10.6. The van der Waals surface area contributed by atoms with Crippen LogP contribution in [0.25, 0.3) is 0 Å². The smallest absolute Gasteiger partial charge is 0.269 e. The molecule has 0 aliphatic heterocycles. The highest BCUT2D eigenvalue weighted by Crippen LogP contribution is 2.16. The minimum atomic E-state index is -0.404. The molecular weight excluding hydrogens is 244 g/mol. The molecule has 0 saturated carbocycles. The molecule has 6 nitrogen and oxygen atoms in total. The first-order chi connectivity index (χ1) is 8.99. The van der Waals surface area contributed by atoms with Crippen LogP contribution in [0.1, 0.15) is 30.0 Å². The van der Waals surface area contributed by atoms with Crippen molar-refractivity contribution in [2.75, 3.05) is 0 Å². The lowest BCUT2D eigenvalue weighted by Gasteiger charge is -2.08. The molecule has 2 rings (SSSR count). The summed E-state index contributed by atoms with van der Waals surface area (Å²) in [6, 6.07) is 6.44. The maximum absolute atomic E-state index is 10.6. The molecule has 2 N–H and O–H groups in total. The molecular formula is C13H16N4O2. The summed E-state index contributed by atoms with van der Waals surface area (Å²) in [5.41, 5.74) is 7.89. The minimum Gasteiger partial charge on any atom is -0.333 e. The van der Waals surface area contributed by atoms with Gasteiger partial charge in [0.15, 0.2) is 0 Å². The van der Waals surface area contributed by atoms with Crippen LogP contribution in [0, 0.1) is 10.1 Å². The van der Waals surface area contributed by atoms with E-state index in [1.165, 1.54) is 12.1 Å². The van der Waals surface area contributed by atoms with Gasteiger partial charge >= 0.3 is 0 Å². The van der Waals surface area contributed by atoms with Crippen molar-refractivity contribution in [3.8, 4) is 0 Å². The molecule has 1 unspecified atom stereocenters. The fourth-order valence-electron chi connectivity index (χ4n) is 1.97. The van der Waals surface area contributed by atoms with Crippen molar-refractivity contribution >= 4 is 5.69 Å². The van der Waals surface area contributed by atoms with Crippen LogP contribution in [-0.4, -0.2) is 14.5 Å². The van der Waals surface area contributed by atoms with E-state index >= 15 is 0 Å². The zero-order valence-electron chi connectivity index (χ0n) is 10.9. The number of nitrogens with zero attached hydrogens (tertiary/aromatic N) is 3. The van der Waals surface area contributed by atoms with Gasteiger partial charge in [-0.05, 0) is 12.5 Å². The van der Waals surface area contributed by atoms with E-state index in [-0.39, 0.29) is 11.7 Å². The Labute approximate surface area is 111 Å². The third kappa shape index (κ3) is 2.79. The van der Waals surface area contributed by atoms with Gasteiger partial charge in [-0.25, -0.2) is 4.98 Å². The summed E-state index contributed by atoms with van der Waals surface area (Å²) in [6.45, 7) is 1.91. The van der Waals surface area contributed by atoms with Crippen molar-refractivity contribution in [2.24, 2.45) is 12.8 Å². The van der Waals surface area contributed by atoms with E-state index in [1.807, 2.05) is 18.5 Å². The monoisotopic (exact) mass is 260 g/mol. The Kier molecular flexibility index (Phi) is 3.62. The molecule has 0 saturated heterocycles. The van der Waals surface area contributed by atoms with E-state index in [1.54, 1.807) is 18.3 Å². The molecule has 0 bridgehead atoms. The van der Waals surface area contributed by atoms with Crippen molar-refractivity contribution in [3.63, 3.8) is 0 Å². The van der Waals surface area contributed by atoms with Crippen molar-refractivity contribution in [1.82, 2.24) is 9.55 Å². The van der Waals surface area contributed by atoms with Crippen LogP contribution in [-0.2, 0) is 13.5 Å². The van der Waals surface area contributed by atoms with Crippen LogP contribution in [0.2, 0.25) is 0 Å². The van der Waals surface area contributed by atoms with Gasteiger partial charge in [0.25, 0.3) is 5.69 Å². The lowest BCUT2D eigenvalue weighted by atomic mass is 10.1. The summed E-state index contributed by atoms with van der Waals surface area (Å²) in [6.07, 6.45) is 2.40. The quantitative estimate of drug-likeness (QED) is 0.672. The summed E-state index contributed by atoms with van der Waals surface area (Å²) in [5.74, 6) is 0.890. The fraction of sp³-hybridized carbons (Fsp3) is 0.308. The number of rotatable bonds is 4. The molecule has 1 aromatic carbocycles. The van der Waals surface area contributed by atoms with E-state index in [2.05, 4.69) is 4.98 Å². The number of hydrogen-bond donors (Lipinski definition) is 1. The molecule has 0 aliphatic carbocycles. The molecule has 2 aromatic rings. The first kappa shape index (κ1) is 13.2. The molecule has 19 heavy (non-hydrogen) atoms. The van der Waals surface area contributed by atoms with Crippen molar-refractivity contribution in [2.45, 2.75) is 19.4 Å². The maximum atomic E-state index is 10.6. The van der Waals surface area contributed by atoms with E-state index in [4.69, 9.17) is 5.73 Å². The maximum Gasteiger partial charge on any atom is 0.269 e. The largest absolute Gasteiger partial charge is 0.333 e. The number of nitrogens with two attached hydrogens (primary N) is 1. The number of nitro groups is 1. The molecule has 0 amide bonds. The molecule has 6 heteroatoms. The lowest BCUT2D eigenvalue weighted by molar-refractivity contribution is -0.384.